The zero-order chi connectivity index (χ0) is 8.10. The lowest BCUT2D eigenvalue weighted by Crippen LogP contribution is -2.22. The van der Waals surface area contributed by atoms with Gasteiger partial charge in [0.25, 0.3) is 0 Å². The van der Waals surface area contributed by atoms with Crippen molar-refractivity contribution in [3.8, 4) is 0 Å². The first-order valence-electron chi connectivity index (χ1n) is 4.66. The summed E-state index contributed by atoms with van der Waals surface area (Å²) in [6, 6.07) is 7.44. The molecule has 0 aromatic carbocycles. The lowest BCUT2D eigenvalue weighted by molar-refractivity contribution is 0.866. The number of unbranched alkanes of at least 4 members (excludes halogenated alkanes) is 1. The highest BCUT2D eigenvalue weighted by atomic mass is 35.6. The zero-order valence-electron chi connectivity index (χ0n) is 7.33. The molecule has 2 radical (unpaired) electrons. The van der Waals surface area contributed by atoms with E-state index in [1.54, 1.807) is 6.04 Å². The summed E-state index contributed by atoms with van der Waals surface area (Å²) in [6.45, 7) is 2.29. The number of rotatable bonds is 3. The Bertz CT molecular complexity index is 97.5. The van der Waals surface area contributed by atoms with Crippen LogP contribution >= 0.6 is 11.1 Å². The summed E-state index contributed by atoms with van der Waals surface area (Å²) in [4.78, 5) is 0. The molecule has 0 atom stereocenters. The Morgan fingerprint density at radius 1 is 1.18 bits per heavy atom. The van der Waals surface area contributed by atoms with Crippen molar-refractivity contribution >= 4 is 28.0 Å². The van der Waals surface area contributed by atoms with Gasteiger partial charge >= 0.3 is 0 Å². The lowest BCUT2D eigenvalue weighted by Gasteiger charge is -2.21. The minimum atomic E-state index is -0.352. The van der Waals surface area contributed by atoms with Crippen LogP contribution in [0.15, 0.2) is 0 Å². The fraction of sp³-hybridized carbons (Fsp3) is 1.00. The van der Waals surface area contributed by atoms with Crippen molar-refractivity contribution in [2.75, 3.05) is 0 Å². The molecule has 0 saturated carbocycles. The van der Waals surface area contributed by atoms with E-state index in [0.29, 0.717) is 0 Å². The van der Waals surface area contributed by atoms with Crippen molar-refractivity contribution < 1.29 is 0 Å². The molecule has 1 aliphatic heterocycles. The Labute approximate surface area is 78.3 Å². The first kappa shape index (κ1) is 9.81. The Kier molecular flexibility index (Phi) is 4.80. The van der Waals surface area contributed by atoms with Crippen LogP contribution in [0.1, 0.15) is 19.8 Å². The van der Waals surface area contributed by atoms with Crippen LogP contribution in [-0.2, 0) is 0 Å². The van der Waals surface area contributed by atoms with Gasteiger partial charge in [0.2, 0.25) is 0 Å². The fourth-order valence-corrected chi connectivity index (χ4v) is 10.1. The minimum absolute atomic E-state index is 0.0978. The fourth-order valence-electron chi connectivity index (χ4n) is 1.55. The SMILES string of the molecule is CCCC[Si]1CC[Si](Cl)CC1. The van der Waals surface area contributed by atoms with Crippen molar-refractivity contribution in [1.29, 1.82) is 0 Å². The molecule has 0 amide bonds. The molecule has 0 aromatic rings. The second-order valence-corrected chi connectivity index (χ2v) is 10.0. The van der Waals surface area contributed by atoms with Gasteiger partial charge in [0.15, 0.2) is 8.11 Å². The van der Waals surface area contributed by atoms with Crippen LogP contribution in [0.4, 0.5) is 0 Å². The molecule has 11 heavy (non-hydrogen) atoms. The normalized spacial score (nSPS) is 22.4. The van der Waals surface area contributed by atoms with Gasteiger partial charge in [0.05, 0.1) is 0 Å². The molecule has 0 unspecified atom stereocenters. The van der Waals surface area contributed by atoms with Gasteiger partial charge in [-0.15, -0.1) is 0 Å². The van der Waals surface area contributed by atoms with E-state index in [0.717, 1.165) is 0 Å². The van der Waals surface area contributed by atoms with E-state index < -0.39 is 0 Å². The van der Waals surface area contributed by atoms with E-state index in [-0.39, 0.29) is 16.9 Å². The molecule has 0 aliphatic carbocycles. The summed E-state index contributed by atoms with van der Waals surface area (Å²) >= 11 is 6.13. The van der Waals surface area contributed by atoms with E-state index >= 15 is 0 Å². The highest BCUT2D eigenvalue weighted by Crippen LogP contribution is 2.25. The smallest absolute Gasteiger partial charge is 0.164 e. The number of hydrogen-bond acceptors (Lipinski definition) is 0. The Morgan fingerprint density at radius 2 is 1.82 bits per heavy atom. The summed E-state index contributed by atoms with van der Waals surface area (Å²) < 4.78 is 0. The molecule has 0 nitrogen and oxygen atoms in total. The van der Waals surface area contributed by atoms with Gasteiger partial charge < -0.3 is 0 Å². The second-order valence-electron chi connectivity index (χ2n) is 3.37. The average Bonchev–Trinajstić information content (AvgIpc) is 2.04. The Balaban J connectivity index is 2.07. The predicted octanol–water partition coefficient (Wildman–Crippen LogP) is 3.53. The van der Waals surface area contributed by atoms with E-state index in [9.17, 15) is 0 Å². The summed E-state index contributed by atoms with van der Waals surface area (Å²) in [6.07, 6.45) is 2.85. The van der Waals surface area contributed by atoms with Crippen molar-refractivity contribution in [1.82, 2.24) is 0 Å². The zero-order valence-corrected chi connectivity index (χ0v) is 10.1. The summed E-state index contributed by atoms with van der Waals surface area (Å²) in [5.41, 5.74) is 0. The van der Waals surface area contributed by atoms with Crippen LogP contribution in [0.25, 0.3) is 0 Å². The maximum absolute atomic E-state index is 6.13. The van der Waals surface area contributed by atoms with E-state index in [4.69, 9.17) is 11.1 Å². The van der Waals surface area contributed by atoms with E-state index in [1.165, 1.54) is 37.0 Å². The largest absolute Gasteiger partial charge is 0.169 e. The first-order valence-corrected chi connectivity index (χ1v) is 9.71. The van der Waals surface area contributed by atoms with Gasteiger partial charge in [-0.2, -0.15) is 11.1 Å². The second kappa shape index (κ2) is 5.38. The molecule has 1 heterocycles. The monoisotopic (exact) mass is 204 g/mol. The topological polar surface area (TPSA) is 0 Å². The average molecular weight is 205 g/mol. The van der Waals surface area contributed by atoms with Crippen molar-refractivity contribution in [2.24, 2.45) is 0 Å². The third-order valence-corrected chi connectivity index (χ3v) is 9.08. The van der Waals surface area contributed by atoms with Crippen molar-refractivity contribution in [3.05, 3.63) is 0 Å². The number of hydrogen-bond donors (Lipinski definition) is 0. The molecule has 1 saturated heterocycles. The van der Waals surface area contributed by atoms with Gasteiger partial charge in [0, 0.05) is 8.80 Å². The van der Waals surface area contributed by atoms with E-state index in [2.05, 4.69) is 6.92 Å². The Morgan fingerprint density at radius 3 is 2.36 bits per heavy atom. The van der Waals surface area contributed by atoms with Gasteiger partial charge in [0.1, 0.15) is 0 Å². The quantitative estimate of drug-likeness (QED) is 0.488. The van der Waals surface area contributed by atoms with Crippen LogP contribution in [0.5, 0.6) is 0 Å². The molecule has 1 aliphatic rings. The molecular weight excluding hydrogens is 188 g/mol. The predicted molar refractivity (Wildman–Crippen MR) is 56.3 cm³/mol. The van der Waals surface area contributed by atoms with Crippen LogP contribution in [0.3, 0.4) is 0 Å². The number of halogens is 1. The van der Waals surface area contributed by atoms with Gasteiger partial charge in [-0.1, -0.05) is 37.9 Å². The lowest BCUT2D eigenvalue weighted by atomic mass is 10.4. The molecule has 3 heteroatoms. The molecule has 0 N–H and O–H groups in total. The first-order chi connectivity index (χ1) is 5.33. The Hall–Kier alpha value is 0.724. The van der Waals surface area contributed by atoms with Gasteiger partial charge in [-0.3, -0.25) is 0 Å². The van der Waals surface area contributed by atoms with Crippen LogP contribution in [0.2, 0.25) is 30.2 Å². The van der Waals surface area contributed by atoms with Crippen molar-refractivity contribution in [2.45, 2.75) is 50.0 Å². The molecular formula is C8H17ClSi2. The van der Waals surface area contributed by atoms with Gasteiger partial charge in [-0.05, 0) is 12.1 Å². The molecule has 1 fully saturated rings. The van der Waals surface area contributed by atoms with Gasteiger partial charge in [-0.25, -0.2) is 0 Å². The molecule has 0 bridgehead atoms. The van der Waals surface area contributed by atoms with Crippen LogP contribution < -0.4 is 0 Å². The highest BCUT2D eigenvalue weighted by molar-refractivity contribution is 7.08. The maximum Gasteiger partial charge on any atom is 0.164 e. The van der Waals surface area contributed by atoms with Crippen LogP contribution in [-0.4, -0.2) is 16.9 Å². The summed E-state index contributed by atoms with van der Waals surface area (Å²) in [5.74, 6) is 0. The minimum Gasteiger partial charge on any atom is -0.169 e. The van der Waals surface area contributed by atoms with E-state index in [1.807, 2.05) is 0 Å². The van der Waals surface area contributed by atoms with Crippen LogP contribution in [0, 0.1) is 0 Å². The molecule has 1 rings (SSSR count). The summed E-state index contributed by atoms with van der Waals surface area (Å²) in [5, 5.41) is 0. The maximum atomic E-state index is 6.13. The third kappa shape index (κ3) is 3.76. The molecule has 64 valence electrons. The van der Waals surface area contributed by atoms with Crippen molar-refractivity contribution in [3.63, 3.8) is 0 Å². The third-order valence-electron chi connectivity index (χ3n) is 2.38. The molecule has 0 aromatic heterocycles. The summed E-state index contributed by atoms with van der Waals surface area (Å²) in [7, 11) is -0.255. The molecule has 0 spiro atoms. The highest BCUT2D eigenvalue weighted by Gasteiger charge is 2.21. The standard InChI is InChI=1S/C8H17ClSi2/c1-2-3-4-10-5-7-11(9)8-6-10/h2-8H2,1H3.